The monoisotopic (exact) mass is 212 g/mol. The molecule has 0 aliphatic rings. The molecule has 0 atom stereocenters. The van der Waals surface area contributed by atoms with Crippen molar-refractivity contribution in [1.29, 1.82) is 0 Å². The van der Waals surface area contributed by atoms with Crippen molar-refractivity contribution in [2.24, 2.45) is 0 Å². The Morgan fingerprint density at radius 3 is 1.86 bits per heavy atom. The maximum absolute atomic E-state index is 11.5. The van der Waals surface area contributed by atoms with Gasteiger partial charge >= 0.3 is 0 Å². The number of hydrogen-bond acceptors (Lipinski definition) is 2. The van der Waals surface area contributed by atoms with Crippen molar-refractivity contribution in [3.05, 3.63) is 28.3 Å². The second-order valence-corrected chi connectivity index (χ2v) is 5.81. The lowest BCUT2D eigenvalue weighted by Crippen LogP contribution is -2.05. The van der Waals surface area contributed by atoms with E-state index in [4.69, 9.17) is 0 Å². The molecule has 0 aliphatic heterocycles. The Balaban J connectivity index is 3.70. The van der Waals surface area contributed by atoms with Crippen molar-refractivity contribution < 1.29 is 8.42 Å². The molecule has 1 rings (SSSR count). The summed E-state index contributed by atoms with van der Waals surface area (Å²) >= 11 is 0. The molecule has 3 heteroatoms. The zero-order valence-electron chi connectivity index (χ0n) is 9.30. The van der Waals surface area contributed by atoms with Gasteiger partial charge in [-0.2, -0.15) is 0 Å². The first-order valence-corrected chi connectivity index (χ1v) is 6.41. The van der Waals surface area contributed by atoms with Crippen LogP contribution >= 0.6 is 0 Å². The Labute approximate surface area is 85.9 Å². The van der Waals surface area contributed by atoms with Crippen LogP contribution in [0.4, 0.5) is 0 Å². The Hall–Kier alpha value is -0.830. The quantitative estimate of drug-likeness (QED) is 0.716. The third-order valence-electron chi connectivity index (χ3n) is 2.66. The maximum Gasteiger partial charge on any atom is 0.176 e. The predicted molar refractivity (Wildman–Crippen MR) is 58.5 cm³/mol. The molecule has 0 aliphatic carbocycles. The van der Waals surface area contributed by atoms with E-state index in [9.17, 15) is 8.42 Å². The van der Waals surface area contributed by atoms with Crippen molar-refractivity contribution in [3.8, 4) is 0 Å². The summed E-state index contributed by atoms with van der Waals surface area (Å²) in [5.41, 5.74) is 3.93. The van der Waals surface area contributed by atoms with Crippen LogP contribution in [0.15, 0.2) is 11.0 Å². The zero-order valence-corrected chi connectivity index (χ0v) is 10.1. The molecule has 0 aromatic heterocycles. The van der Waals surface area contributed by atoms with Crippen LogP contribution in [0.5, 0.6) is 0 Å². The fourth-order valence-electron chi connectivity index (χ4n) is 1.83. The first-order chi connectivity index (χ1) is 6.25. The van der Waals surface area contributed by atoms with Gasteiger partial charge in [0.2, 0.25) is 0 Å². The molecule has 2 nitrogen and oxygen atoms in total. The molecule has 14 heavy (non-hydrogen) atoms. The normalized spacial score (nSPS) is 11.8. The highest BCUT2D eigenvalue weighted by Crippen LogP contribution is 2.25. The molecule has 0 spiro atoms. The summed E-state index contributed by atoms with van der Waals surface area (Å²) in [6.07, 6.45) is 1.26. The topological polar surface area (TPSA) is 34.1 Å². The molecule has 0 fully saturated rings. The second kappa shape index (κ2) is 3.39. The van der Waals surface area contributed by atoms with Crippen LogP contribution < -0.4 is 0 Å². The molecule has 1 aromatic carbocycles. The Kier molecular flexibility index (Phi) is 2.72. The van der Waals surface area contributed by atoms with Gasteiger partial charge in [0, 0.05) is 6.26 Å². The van der Waals surface area contributed by atoms with Crippen molar-refractivity contribution in [1.82, 2.24) is 0 Å². The standard InChI is InChI=1S/C11H16O2S/c1-7-6-8(2)11(14(5,12)13)10(4)9(7)3/h6H,1-5H3. The summed E-state index contributed by atoms with van der Waals surface area (Å²) in [5, 5.41) is 0. The van der Waals surface area contributed by atoms with Gasteiger partial charge in [-0.05, 0) is 49.9 Å². The molecule has 0 saturated carbocycles. The summed E-state index contributed by atoms with van der Waals surface area (Å²) in [6, 6.07) is 1.93. The highest BCUT2D eigenvalue weighted by atomic mass is 32.2. The number of aryl methyl sites for hydroxylation is 2. The molecule has 0 amide bonds. The Bertz CT molecular complexity index is 471. The van der Waals surface area contributed by atoms with Crippen LogP contribution in [0.1, 0.15) is 22.3 Å². The molecule has 0 saturated heterocycles. The van der Waals surface area contributed by atoms with Gasteiger partial charge in [-0.25, -0.2) is 8.42 Å². The number of sulfone groups is 1. The predicted octanol–water partition coefficient (Wildman–Crippen LogP) is 2.32. The largest absolute Gasteiger partial charge is 0.224 e. The van der Waals surface area contributed by atoms with E-state index in [1.54, 1.807) is 0 Å². The van der Waals surface area contributed by atoms with Gasteiger partial charge in [0.05, 0.1) is 4.90 Å². The van der Waals surface area contributed by atoms with E-state index >= 15 is 0 Å². The lowest BCUT2D eigenvalue weighted by molar-refractivity contribution is 0.600. The number of rotatable bonds is 1. The van der Waals surface area contributed by atoms with Crippen LogP contribution in [-0.2, 0) is 9.84 Å². The highest BCUT2D eigenvalue weighted by molar-refractivity contribution is 7.90. The zero-order chi connectivity index (χ0) is 11.1. The molecular formula is C11H16O2S. The van der Waals surface area contributed by atoms with Crippen LogP contribution in [0.2, 0.25) is 0 Å². The summed E-state index contributed by atoms with van der Waals surface area (Å²) in [6.45, 7) is 7.67. The summed E-state index contributed by atoms with van der Waals surface area (Å²) < 4.78 is 23.1. The van der Waals surface area contributed by atoms with E-state index < -0.39 is 9.84 Å². The maximum atomic E-state index is 11.5. The molecule has 0 bridgehead atoms. The first kappa shape index (κ1) is 11.2. The van der Waals surface area contributed by atoms with Crippen LogP contribution in [-0.4, -0.2) is 14.7 Å². The van der Waals surface area contributed by atoms with Gasteiger partial charge < -0.3 is 0 Å². The summed E-state index contributed by atoms with van der Waals surface area (Å²) in [4.78, 5) is 0.487. The third kappa shape index (κ3) is 1.82. The molecule has 1 aromatic rings. The third-order valence-corrected chi connectivity index (χ3v) is 4.03. The van der Waals surface area contributed by atoms with Crippen LogP contribution in [0, 0.1) is 27.7 Å². The lowest BCUT2D eigenvalue weighted by Gasteiger charge is -2.12. The molecule has 0 radical (unpaired) electrons. The van der Waals surface area contributed by atoms with E-state index in [1.807, 2.05) is 33.8 Å². The van der Waals surface area contributed by atoms with Crippen LogP contribution in [0.25, 0.3) is 0 Å². The lowest BCUT2D eigenvalue weighted by atomic mass is 10.0. The number of benzene rings is 1. The number of hydrogen-bond donors (Lipinski definition) is 0. The Morgan fingerprint density at radius 1 is 0.929 bits per heavy atom. The van der Waals surface area contributed by atoms with E-state index in [0.29, 0.717) is 4.90 Å². The van der Waals surface area contributed by atoms with Crippen molar-refractivity contribution in [2.45, 2.75) is 32.6 Å². The SMILES string of the molecule is Cc1cc(C)c(S(C)(=O)=O)c(C)c1C. The van der Waals surface area contributed by atoms with Gasteiger partial charge in [-0.15, -0.1) is 0 Å². The molecule has 0 heterocycles. The van der Waals surface area contributed by atoms with Crippen molar-refractivity contribution >= 4 is 9.84 Å². The van der Waals surface area contributed by atoms with Crippen molar-refractivity contribution in [2.75, 3.05) is 6.26 Å². The molecule has 0 N–H and O–H groups in total. The molecule has 78 valence electrons. The van der Waals surface area contributed by atoms with E-state index in [1.165, 1.54) is 6.26 Å². The summed E-state index contributed by atoms with van der Waals surface area (Å²) in [5.74, 6) is 0. The van der Waals surface area contributed by atoms with E-state index in [-0.39, 0.29) is 0 Å². The second-order valence-electron chi connectivity index (χ2n) is 3.86. The van der Waals surface area contributed by atoms with E-state index in [2.05, 4.69) is 0 Å². The van der Waals surface area contributed by atoms with Crippen LogP contribution in [0.3, 0.4) is 0 Å². The smallest absolute Gasteiger partial charge is 0.176 e. The fourth-order valence-corrected chi connectivity index (χ4v) is 3.18. The average molecular weight is 212 g/mol. The van der Waals surface area contributed by atoms with E-state index in [0.717, 1.165) is 22.3 Å². The van der Waals surface area contributed by atoms with Gasteiger partial charge in [0.25, 0.3) is 0 Å². The van der Waals surface area contributed by atoms with Crippen molar-refractivity contribution in [3.63, 3.8) is 0 Å². The minimum atomic E-state index is -3.10. The molecule has 0 unspecified atom stereocenters. The minimum absolute atomic E-state index is 0.487. The Morgan fingerprint density at radius 2 is 1.43 bits per heavy atom. The van der Waals surface area contributed by atoms with Gasteiger partial charge in [0.15, 0.2) is 9.84 Å². The fraction of sp³-hybridized carbons (Fsp3) is 0.455. The first-order valence-electron chi connectivity index (χ1n) is 4.52. The van der Waals surface area contributed by atoms with Gasteiger partial charge in [-0.3, -0.25) is 0 Å². The average Bonchev–Trinajstić information content (AvgIpc) is 1.97. The van der Waals surface area contributed by atoms with Gasteiger partial charge in [0.1, 0.15) is 0 Å². The summed E-state index contributed by atoms with van der Waals surface area (Å²) in [7, 11) is -3.10. The minimum Gasteiger partial charge on any atom is -0.224 e. The molecular weight excluding hydrogens is 196 g/mol. The highest BCUT2D eigenvalue weighted by Gasteiger charge is 2.16. The van der Waals surface area contributed by atoms with Gasteiger partial charge in [-0.1, -0.05) is 6.07 Å².